The van der Waals surface area contributed by atoms with Crippen molar-refractivity contribution in [2.75, 3.05) is 24.3 Å². The predicted octanol–water partition coefficient (Wildman–Crippen LogP) is 2.80. The summed E-state index contributed by atoms with van der Waals surface area (Å²) in [4.78, 5) is 4.36. The molecule has 0 radical (unpaired) electrons. The van der Waals surface area contributed by atoms with Gasteiger partial charge < -0.3 is 15.8 Å². The van der Waals surface area contributed by atoms with Crippen LogP contribution in [0.25, 0.3) is 10.9 Å². The lowest BCUT2D eigenvalue weighted by atomic mass is 9.94. The number of para-hydroxylation sites is 1. The number of hydrogen-bond donors (Lipinski definition) is 2. The van der Waals surface area contributed by atoms with Crippen molar-refractivity contribution in [3.63, 3.8) is 0 Å². The highest BCUT2D eigenvalue weighted by Gasteiger charge is 2.27. The van der Waals surface area contributed by atoms with Crippen LogP contribution in [0.3, 0.4) is 0 Å². The number of hydrogen-bond acceptors (Lipinski definition) is 4. The van der Waals surface area contributed by atoms with Gasteiger partial charge in [0.25, 0.3) is 0 Å². The van der Waals surface area contributed by atoms with E-state index in [4.69, 9.17) is 10.5 Å². The van der Waals surface area contributed by atoms with E-state index < -0.39 is 0 Å². The normalized spacial score (nSPS) is 23.4. The molecule has 100 valence electrons. The number of anilines is 2. The predicted molar refractivity (Wildman–Crippen MR) is 78.2 cm³/mol. The Labute approximate surface area is 113 Å². The first kappa shape index (κ1) is 12.2. The second kappa shape index (κ2) is 4.70. The second-order valence-corrected chi connectivity index (χ2v) is 5.44. The molecule has 1 unspecified atom stereocenters. The molecule has 19 heavy (non-hydrogen) atoms. The van der Waals surface area contributed by atoms with E-state index in [-0.39, 0.29) is 5.54 Å². The van der Waals surface area contributed by atoms with Crippen LogP contribution in [0.2, 0.25) is 0 Å². The molecule has 1 aliphatic heterocycles. The SMILES string of the molecule is CC1(Nc2ccnc3c(N)cccc23)CCCOC1. The summed E-state index contributed by atoms with van der Waals surface area (Å²) in [5, 5.41) is 4.67. The number of nitrogens with two attached hydrogens (primary N) is 1. The highest BCUT2D eigenvalue weighted by atomic mass is 16.5. The lowest BCUT2D eigenvalue weighted by Gasteiger charge is -2.35. The molecule has 1 atom stereocenters. The Morgan fingerprint density at radius 3 is 3.05 bits per heavy atom. The third-order valence-corrected chi connectivity index (χ3v) is 3.68. The smallest absolute Gasteiger partial charge is 0.0951 e. The maximum Gasteiger partial charge on any atom is 0.0951 e. The fourth-order valence-electron chi connectivity index (χ4n) is 2.67. The minimum absolute atomic E-state index is 0.0167. The van der Waals surface area contributed by atoms with Crippen LogP contribution in [0.4, 0.5) is 11.4 Å². The molecule has 0 amide bonds. The summed E-state index contributed by atoms with van der Waals surface area (Å²) in [7, 11) is 0. The van der Waals surface area contributed by atoms with E-state index in [2.05, 4.69) is 17.2 Å². The van der Waals surface area contributed by atoms with E-state index in [1.165, 1.54) is 0 Å². The van der Waals surface area contributed by atoms with Gasteiger partial charge in [0.2, 0.25) is 0 Å². The Bertz CT molecular complexity index is 591. The van der Waals surface area contributed by atoms with Crippen LogP contribution in [0, 0.1) is 0 Å². The maximum absolute atomic E-state index is 5.98. The molecule has 0 aliphatic carbocycles. The molecule has 3 N–H and O–H groups in total. The zero-order chi connectivity index (χ0) is 13.3. The highest BCUT2D eigenvalue weighted by molar-refractivity contribution is 5.97. The van der Waals surface area contributed by atoms with E-state index in [0.717, 1.165) is 42.6 Å². The maximum atomic E-state index is 5.98. The number of rotatable bonds is 2. The third kappa shape index (κ3) is 2.36. The number of ether oxygens (including phenoxy) is 1. The number of nitrogens with zero attached hydrogens (tertiary/aromatic N) is 1. The van der Waals surface area contributed by atoms with Crippen LogP contribution in [0.1, 0.15) is 19.8 Å². The fraction of sp³-hybridized carbons (Fsp3) is 0.400. The first-order chi connectivity index (χ1) is 9.18. The Balaban J connectivity index is 1.99. The summed E-state index contributed by atoms with van der Waals surface area (Å²) in [5.74, 6) is 0. The van der Waals surface area contributed by atoms with E-state index in [0.29, 0.717) is 5.69 Å². The lowest BCUT2D eigenvalue weighted by molar-refractivity contribution is 0.0541. The highest BCUT2D eigenvalue weighted by Crippen LogP contribution is 2.30. The molecule has 1 aromatic heterocycles. The summed E-state index contributed by atoms with van der Waals surface area (Å²) in [6.45, 7) is 3.80. The molecule has 2 heterocycles. The van der Waals surface area contributed by atoms with E-state index >= 15 is 0 Å². The summed E-state index contributed by atoms with van der Waals surface area (Å²) in [6.07, 6.45) is 4.00. The first-order valence-electron chi connectivity index (χ1n) is 6.67. The molecule has 1 saturated heterocycles. The number of aromatic nitrogens is 1. The number of fused-ring (bicyclic) bond motifs is 1. The van der Waals surface area contributed by atoms with Crippen LogP contribution in [-0.4, -0.2) is 23.7 Å². The standard InChI is InChI=1S/C15H19N3O/c1-15(7-3-9-19-10-15)18-13-6-8-17-14-11(13)4-2-5-12(14)16/h2,4-6,8H,3,7,9-10,16H2,1H3,(H,17,18). The minimum Gasteiger partial charge on any atom is -0.397 e. The Morgan fingerprint density at radius 2 is 2.26 bits per heavy atom. The van der Waals surface area contributed by atoms with Crippen LogP contribution < -0.4 is 11.1 Å². The third-order valence-electron chi connectivity index (χ3n) is 3.68. The largest absolute Gasteiger partial charge is 0.397 e. The monoisotopic (exact) mass is 257 g/mol. The number of pyridine rings is 1. The van der Waals surface area contributed by atoms with Crippen molar-refractivity contribution in [3.8, 4) is 0 Å². The van der Waals surface area contributed by atoms with Gasteiger partial charge in [-0.25, -0.2) is 0 Å². The first-order valence-corrected chi connectivity index (χ1v) is 6.67. The Hall–Kier alpha value is -1.81. The second-order valence-electron chi connectivity index (χ2n) is 5.44. The van der Waals surface area contributed by atoms with Gasteiger partial charge in [-0.15, -0.1) is 0 Å². The molecule has 0 saturated carbocycles. The van der Waals surface area contributed by atoms with Crippen molar-refractivity contribution in [2.24, 2.45) is 0 Å². The molecule has 1 fully saturated rings. The average molecular weight is 257 g/mol. The van der Waals surface area contributed by atoms with E-state index in [9.17, 15) is 0 Å². The fourth-order valence-corrected chi connectivity index (χ4v) is 2.67. The molecule has 4 nitrogen and oxygen atoms in total. The minimum atomic E-state index is -0.0167. The molecule has 0 bridgehead atoms. The summed E-state index contributed by atoms with van der Waals surface area (Å²) < 4.78 is 5.59. The molecule has 1 aromatic carbocycles. The number of benzene rings is 1. The zero-order valence-corrected chi connectivity index (χ0v) is 11.1. The Kier molecular flexibility index (Phi) is 3.03. The number of nitrogens with one attached hydrogen (secondary N) is 1. The van der Waals surface area contributed by atoms with Gasteiger partial charge in [-0.1, -0.05) is 12.1 Å². The van der Waals surface area contributed by atoms with Crippen molar-refractivity contribution >= 4 is 22.3 Å². The van der Waals surface area contributed by atoms with Gasteiger partial charge in [0.15, 0.2) is 0 Å². The van der Waals surface area contributed by atoms with Gasteiger partial charge in [0, 0.05) is 23.9 Å². The molecular weight excluding hydrogens is 238 g/mol. The van der Waals surface area contributed by atoms with Crippen LogP contribution in [0.15, 0.2) is 30.5 Å². The van der Waals surface area contributed by atoms with Crippen molar-refractivity contribution < 1.29 is 4.74 Å². The quantitative estimate of drug-likeness (QED) is 0.812. The van der Waals surface area contributed by atoms with Crippen molar-refractivity contribution in [2.45, 2.75) is 25.3 Å². The van der Waals surface area contributed by atoms with Crippen LogP contribution in [0.5, 0.6) is 0 Å². The molecule has 1 aliphatic rings. The lowest BCUT2D eigenvalue weighted by Crippen LogP contribution is -2.43. The molecule has 2 aromatic rings. The summed E-state index contributed by atoms with van der Waals surface area (Å²) >= 11 is 0. The zero-order valence-electron chi connectivity index (χ0n) is 11.1. The van der Waals surface area contributed by atoms with Gasteiger partial charge in [-0.3, -0.25) is 4.98 Å². The van der Waals surface area contributed by atoms with Crippen LogP contribution in [-0.2, 0) is 4.74 Å². The molecule has 0 spiro atoms. The molecular formula is C15H19N3O. The van der Waals surface area contributed by atoms with E-state index in [1.54, 1.807) is 6.20 Å². The van der Waals surface area contributed by atoms with Crippen LogP contribution >= 0.6 is 0 Å². The van der Waals surface area contributed by atoms with Gasteiger partial charge >= 0.3 is 0 Å². The molecule has 4 heteroatoms. The van der Waals surface area contributed by atoms with Gasteiger partial charge in [-0.05, 0) is 31.9 Å². The van der Waals surface area contributed by atoms with Gasteiger partial charge in [0.05, 0.1) is 23.3 Å². The average Bonchev–Trinajstić information content (AvgIpc) is 2.40. The molecule has 3 rings (SSSR count). The van der Waals surface area contributed by atoms with E-state index in [1.807, 2.05) is 24.3 Å². The van der Waals surface area contributed by atoms with Crippen molar-refractivity contribution in [1.82, 2.24) is 4.98 Å². The summed E-state index contributed by atoms with van der Waals surface area (Å²) in [6, 6.07) is 7.89. The van der Waals surface area contributed by atoms with Crippen molar-refractivity contribution in [3.05, 3.63) is 30.5 Å². The van der Waals surface area contributed by atoms with Gasteiger partial charge in [0.1, 0.15) is 0 Å². The summed E-state index contributed by atoms with van der Waals surface area (Å²) in [5.41, 5.74) is 8.60. The number of nitrogen functional groups attached to an aromatic ring is 1. The topological polar surface area (TPSA) is 60.2 Å². The Morgan fingerprint density at radius 1 is 1.37 bits per heavy atom. The van der Waals surface area contributed by atoms with Crippen molar-refractivity contribution in [1.29, 1.82) is 0 Å². The van der Waals surface area contributed by atoms with Gasteiger partial charge in [-0.2, -0.15) is 0 Å².